The lowest BCUT2D eigenvalue weighted by molar-refractivity contribution is 0.669. The fraction of sp³-hybridized carbons (Fsp3) is 0. The molecule has 0 N–H and O–H groups in total. The minimum absolute atomic E-state index is 0.619. The van der Waals surface area contributed by atoms with Crippen molar-refractivity contribution in [3.63, 3.8) is 0 Å². The number of hydrogen-bond donors (Lipinski definition) is 0. The van der Waals surface area contributed by atoms with Crippen molar-refractivity contribution < 1.29 is 4.42 Å². The average molecular weight is 835 g/mol. The Kier molecular flexibility index (Phi) is 8.16. The first-order valence-electron chi connectivity index (χ1n) is 21.7. The maximum Gasteiger partial charge on any atom is 0.237 e. The van der Waals surface area contributed by atoms with Gasteiger partial charge in [0.25, 0.3) is 0 Å². The second-order valence-corrected chi connectivity index (χ2v) is 20.3. The zero-order chi connectivity index (χ0) is 42.2. The number of hydrogen-bond acceptors (Lipinski definition) is 3. The Bertz CT molecular complexity index is 3630. The second-order valence-electron chi connectivity index (χ2n) is 16.5. The molecule has 13 rings (SSSR count). The molecule has 0 amide bonds. The van der Waals surface area contributed by atoms with Crippen molar-refractivity contribution in [2.75, 3.05) is 0 Å². The Morgan fingerprint density at radius 1 is 0.328 bits per heavy atom. The highest BCUT2D eigenvalue weighted by Gasteiger charge is 2.41. The molecule has 6 heteroatoms. The van der Waals surface area contributed by atoms with Crippen LogP contribution in [0.25, 0.3) is 88.6 Å². The molecular formula is C58H38N4OSi. The molecular weight excluding hydrogens is 797 g/mol. The monoisotopic (exact) mass is 834 g/mol. The molecule has 5 nitrogen and oxygen atoms in total. The number of nitrogens with zero attached hydrogens (tertiary/aromatic N) is 4. The fourth-order valence-electron chi connectivity index (χ4n) is 10.3. The number of rotatable bonds is 7. The van der Waals surface area contributed by atoms with E-state index in [4.69, 9.17) is 14.4 Å². The summed E-state index contributed by atoms with van der Waals surface area (Å²) in [6, 6.07) is 83.1. The van der Waals surface area contributed by atoms with Crippen molar-refractivity contribution in [2.24, 2.45) is 0 Å². The van der Waals surface area contributed by atoms with E-state index in [0.29, 0.717) is 5.95 Å². The topological polar surface area (TPSA) is 48.8 Å². The van der Waals surface area contributed by atoms with Gasteiger partial charge in [-0.2, -0.15) is 4.98 Å². The molecule has 0 aliphatic carbocycles. The molecule has 64 heavy (non-hydrogen) atoms. The van der Waals surface area contributed by atoms with Gasteiger partial charge in [-0.3, -0.25) is 9.13 Å². The van der Waals surface area contributed by atoms with Crippen LogP contribution in [-0.2, 0) is 0 Å². The number of para-hydroxylation sites is 5. The van der Waals surface area contributed by atoms with E-state index in [1.807, 2.05) is 6.07 Å². The van der Waals surface area contributed by atoms with Crippen molar-refractivity contribution in [3.05, 3.63) is 231 Å². The largest absolute Gasteiger partial charge is 0.456 e. The molecule has 4 heterocycles. The Balaban J connectivity index is 1.06. The quantitative estimate of drug-likeness (QED) is 0.119. The van der Waals surface area contributed by atoms with Gasteiger partial charge in [-0.1, -0.05) is 188 Å². The highest BCUT2D eigenvalue weighted by Crippen LogP contribution is 2.35. The van der Waals surface area contributed by atoms with E-state index >= 15 is 0 Å². The molecule has 300 valence electrons. The molecule has 0 saturated heterocycles. The van der Waals surface area contributed by atoms with Crippen LogP contribution in [0.15, 0.2) is 235 Å². The van der Waals surface area contributed by atoms with Gasteiger partial charge in [-0.25, -0.2) is 4.98 Å². The molecule has 0 aliphatic rings. The van der Waals surface area contributed by atoms with Gasteiger partial charge in [-0.05, 0) is 57.1 Å². The molecule has 0 atom stereocenters. The molecule has 13 aromatic rings. The van der Waals surface area contributed by atoms with Gasteiger partial charge in [0.1, 0.15) is 17.0 Å². The number of fused-ring (bicyclic) bond motifs is 9. The maximum absolute atomic E-state index is 6.37. The number of benzene rings is 9. The highest BCUT2D eigenvalue weighted by atomic mass is 28.3. The second kappa shape index (κ2) is 14.4. The summed E-state index contributed by atoms with van der Waals surface area (Å²) < 4.78 is 10.9. The number of furan rings is 1. The first kappa shape index (κ1) is 36.3. The molecule has 0 unspecified atom stereocenters. The molecule has 0 fully saturated rings. The van der Waals surface area contributed by atoms with Gasteiger partial charge < -0.3 is 4.42 Å². The Labute approximate surface area is 369 Å². The Morgan fingerprint density at radius 2 is 0.766 bits per heavy atom. The summed E-state index contributed by atoms with van der Waals surface area (Å²) in [5, 5.41) is 12.2. The van der Waals surface area contributed by atoms with Crippen LogP contribution >= 0.6 is 0 Å². The third-order valence-corrected chi connectivity index (χ3v) is 17.9. The summed E-state index contributed by atoms with van der Waals surface area (Å²) in [6.45, 7) is 0. The third-order valence-electron chi connectivity index (χ3n) is 13.1. The summed E-state index contributed by atoms with van der Waals surface area (Å²) >= 11 is 0. The lowest BCUT2D eigenvalue weighted by Gasteiger charge is -2.34. The highest BCUT2D eigenvalue weighted by molar-refractivity contribution is 7.20. The van der Waals surface area contributed by atoms with Crippen LogP contribution in [-0.4, -0.2) is 27.2 Å². The van der Waals surface area contributed by atoms with E-state index in [9.17, 15) is 0 Å². The summed E-state index contributed by atoms with van der Waals surface area (Å²) in [7, 11) is -2.92. The van der Waals surface area contributed by atoms with Crippen LogP contribution in [0.2, 0.25) is 0 Å². The zero-order valence-corrected chi connectivity index (χ0v) is 35.6. The molecule has 0 radical (unpaired) electrons. The van der Waals surface area contributed by atoms with Crippen molar-refractivity contribution in [1.29, 1.82) is 0 Å². The van der Waals surface area contributed by atoms with Gasteiger partial charge in [-0.15, -0.1) is 0 Å². The molecule has 0 saturated carbocycles. The lowest BCUT2D eigenvalue weighted by atomic mass is 10.1. The van der Waals surface area contributed by atoms with Gasteiger partial charge in [0.15, 0.2) is 8.07 Å². The van der Waals surface area contributed by atoms with E-state index in [1.54, 1.807) is 0 Å². The minimum atomic E-state index is -2.92. The van der Waals surface area contributed by atoms with Crippen molar-refractivity contribution in [2.45, 2.75) is 0 Å². The van der Waals surface area contributed by atoms with Crippen LogP contribution in [0, 0.1) is 0 Å². The first-order chi connectivity index (χ1) is 31.7. The average Bonchev–Trinajstić information content (AvgIpc) is 4.03. The first-order valence-corrected chi connectivity index (χ1v) is 23.7. The number of aromatic nitrogens is 4. The van der Waals surface area contributed by atoms with Gasteiger partial charge in [0.2, 0.25) is 5.95 Å². The van der Waals surface area contributed by atoms with Gasteiger partial charge >= 0.3 is 0 Å². The smallest absolute Gasteiger partial charge is 0.237 e. The molecule has 0 spiro atoms. The molecule has 0 aliphatic heterocycles. The SMILES string of the molecule is c1ccc([Si](c2ccccc2)(c2ccc(-c3cc(-n4c5ccccc5c5ccccc54)nc(-n4c5ccccc5c5ccccc54)n3)cc2)c2ccc3oc4ccccc4c3c2)cc1. The summed E-state index contributed by atoms with van der Waals surface area (Å²) in [4.78, 5) is 11.0. The Morgan fingerprint density at radius 3 is 1.33 bits per heavy atom. The minimum Gasteiger partial charge on any atom is -0.456 e. The van der Waals surface area contributed by atoms with Crippen molar-refractivity contribution >= 4 is 94.4 Å². The lowest BCUT2D eigenvalue weighted by Crippen LogP contribution is -2.74. The summed E-state index contributed by atoms with van der Waals surface area (Å²) in [5.74, 6) is 1.43. The van der Waals surface area contributed by atoms with Gasteiger partial charge in [0, 0.05) is 43.9 Å². The van der Waals surface area contributed by atoms with Crippen LogP contribution in [0.5, 0.6) is 0 Å². The molecule has 4 aromatic heterocycles. The van der Waals surface area contributed by atoms with Crippen molar-refractivity contribution in [3.8, 4) is 23.0 Å². The third kappa shape index (κ3) is 5.43. The van der Waals surface area contributed by atoms with Crippen LogP contribution in [0.4, 0.5) is 0 Å². The maximum atomic E-state index is 6.37. The van der Waals surface area contributed by atoms with E-state index in [1.165, 1.54) is 42.3 Å². The van der Waals surface area contributed by atoms with Crippen LogP contribution in [0.1, 0.15) is 0 Å². The standard InChI is InChI=1S/C58H38N4OSi/c1-3-17-40(18-4-1)64(41-19-5-2-6-20-41,43-35-36-56-49(37-43)48-25-11-16-30-55(48)63-56)42-33-31-39(32-34-42)50-38-57(61-51-26-12-7-21-44(51)45-22-8-13-27-52(45)61)60-58(59-50)62-53-28-14-9-23-46(53)47-24-10-15-29-54(47)62/h1-38H. The van der Waals surface area contributed by atoms with Crippen LogP contribution in [0.3, 0.4) is 0 Å². The van der Waals surface area contributed by atoms with Crippen LogP contribution < -0.4 is 20.7 Å². The van der Waals surface area contributed by atoms with Gasteiger partial charge in [0.05, 0.1) is 27.8 Å². The Hall–Kier alpha value is -8.32. The summed E-state index contributed by atoms with van der Waals surface area (Å²) in [5.41, 5.74) is 7.97. The summed E-state index contributed by atoms with van der Waals surface area (Å²) in [6.07, 6.45) is 0. The van der Waals surface area contributed by atoms with E-state index in [-0.39, 0.29) is 0 Å². The molecule has 0 bridgehead atoms. The van der Waals surface area contributed by atoms with Crippen molar-refractivity contribution in [1.82, 2.24) is 19.1 Å². The van der Waals surface area contributed by atoms with E-state index < -0.39 is 8.07 Å². The van der Waals surface area contributed by atoms with E-state index in [2.05, 4.69) is 234 Å². The predicted molar refractivity (Wildman–Crippen MR) is 267 cm³/mol. The predicted octanol–water partition coefficient (Wildman–Crippen LogP) is 11.6. The normalized spacial score (nSPS) is 12.1. The fourth-order valence-corrected chi connectivity index (χ4v) is 15.1. The zero-order valence-electron chi connectivity index (χ0n) is 34.6. The molecule has 9 aromatic carbocycles. The van der Waals surface area contributed by atoms with E-state index in [0.717, 1.165) is 61.1 Å².